The predicted molar refractivity (Wildman–Crippen MR) is 58.1 cm³/mol. The molecule has 0 nitrogen and oxygen atoms in total. The Hall–Kier alpha value is 0.290. The van der Waals surface area contributed by atoms with Crippen LogP contribution >= 0.6 is 11.6 Å². The van der Waals surface area contributed by atoms with E-state index in [0.717, 1.165) is 5.92 Å². The van der Waals surface area contributed by atoms with Crippen molar-refractivity contribution in [3.05, 3.63) is 0 Å². The number of hydrogen-bond acceptors (Lipinski definition) is 0. The van der Waals surface area contributed by atoms with Crippen molar-refractivity contribution in [1.29, 1.82) is 0 Å². The second kappa shape index (κ2) is 3.46. The highest BCUT2D eigenvalue weighted by Gasteiger charge is 2.49. The highest BCUT2D eigenvalue weighted by atomic mass is 35.5. The normalized spacial score (nSPS) is 33.7. The first kappa shape index (κ1) is 9.83. The summed E-state index contributed by atoms with van der Waals surface area (Å²) in [6.07, 6.45) is 8.68. The lowest BCUT2D eigenvalue weighted by atomic mass is 9.61. The Morgan fingerprint density at radius 3 is 2.23 bits per heavy atom. The standard InChI is InChI=1S/C12H21Cl/c1-9(2)11(13)10-5-3-6-12(10)7-4-8-12/h9-11H,3-8H2,1-2H3. The van der Waals surface area contributed by atoms with Crippen LogP contribution in [0.1, 0.15) is 52.4 Å². The number of rotatable bonds is 2. The summed E-state index contributed by atoms with van der Waals surface area (Å²) >= 11 is 6.52. The van der Waals surface area contributed by atoms with Crippen LogP contribution in [0, 0.1) is 17.3 Å². The molecule has 2 rings (SSSR count). The number of hydrogen-bond donors (Lipinski definition) is 0. The van der Waals surface area contributed by atoms with Crippen molar-refractivity contribution in [2.24, 2.45) is 17.3 Å². The Morgan fingerprint density at radius 2 is 1.77 bits per heavy atom. The largest absolute Gasteiger partial charge is 0.122 e. The van der Waals surface area contributed by atoms with Gasteiger partial charge in [0.1, 0.15) is 0 Å². The van der Waals surface area contributed by atoms with E-state index < -0.39 is 0 Å². The van der Waals surface area contributed by atoms with E-state index in [1.807, 2.05) is 0 Å². The summed E-state index contributed by atoms with van der Waals surface area (Å²) in [5, 5.41) is 0.433. The van der Waals surface area contributed by atoms with E-state index in [1.54, 1.807) is 0 Å². The molecule has 76 valence electrons. The van der Waals surface area contributed by atoms with Crippen LogP contribution in [0.15, 0.2) is 0 Å². The van der Waals surface area contributed by atoms with Crippen LogP contribution in [0.25, 0.3) is 0 Å². The van der Waals surface area contributed by atoms with Gasteiger partial charge >= 0.3 is 0 Å². The predicted octanol–water partition coefficient (Wildman–Crippen LogP) is 4.22. The van der Waals surface area contributed by atoms with E-state index in [4.69, 9.17) is 11.6 Å². The fraction of sp³-hybridized carbons (Fsp3) is 1.00. The third-order valence-electron chi connectivity index (χ3n) is 4.35. The summed E-state index contributed by atoms with van der Waals surface area (Å²) < 4.78 is 0. The Labute approximate surface area is 87.0 Å². The fourth-order valence-electron chi connectivity index (χ4n) is 3.38. The van der Waals surface area contributed by atoms with Gasteiger partial charge in [0, 0.05) is 5.38 Å². The average Bonchev–Trinajstić information content (AvgIpc) is 2.44. The SMILES string of the molecule is CC(C)C(Cl)C1CCCC12CCC2. The molecule has 0 saturated heterocycles. The van der Waals surface area contributed by atoms with Crippen LogP contribution in [-0.4, -0.2) is 5.38 Å². The van der Waals surface area contributed by atoms with Crippen molar-refractivity contribution in [1.82, 2.24) is 0 Å². The molecule has 2 atom stereocenters. The third-order valence-corrected chi connectivity index (χ3v) is 5.16. The van der Waals surface area contributed by atoms with E-state index in [9.17, 15) is 0 Å². The Kier molecular flexibility index (Phi) is 2.61. The van der Waals surface area contributed by atoms with Gasteiger partial charge in [-0.3, -0.25) is 0 Å². The van der Waals surface area contributed by atoms with Gasteiger partial charge in [-0.1, -0.05) is 26.7 Å². The van der Waals surface area contributed by atoms with Gasteiger partial charge < -0.3 is 0 Å². The molecule has 0 heterocycles. The number of alkyl halides is 1. The molecule has 0 radical (unpaired) electrons. The third kappa shape index (κ3) is 1.52. The summed E-state index contributed by atoms with van der Waals surface area (Å²) in [7, 11) is 0. The van der Waals surface area contributed by atoms with Crippen LogP contribution in [0.4, 0.5) is 0 Å². The summed E-state index contributed by atoms with van der Waals surface area (Å²) in [5.41, 5.74) is 0.705. The summed E-state index contributed by atoms with van der Waals surface area (Å²) in [5.74, 6) is 1.49. The summed E-state index contributed by atoms with van der Waals surface area (Å²) in [4.78, 5) is 0. The van der Waals surface area contributed by atoms with Crippen LogP contribution in [0.3, 0.4) is 0 Å². The molecule has 2 unspecified atom stereocenters. The molecule has 0 aromatic heterocycles. The molecule has 1 heteroatoms. The van der Waals surface area contributed by atoms with Gasteiger partial charge in [0.05, 0.1) is 0 Å². The first-order valence-electron chi connectivity index (χ1n) is 5.80. The molecule has 13 heavy (non-hydrogen) atoms. The molecule has 0 N–H and O–H groups in total. The molecule has 0 aromatic rings. The van der Waals surface area contributed by atoms with Gasteiger partial charge in [-0.15, -0.1) is 11.6 Å². The molecule has 0 bridgehead atoms. The van der Waals surface area contributed by atoms with E-state index in [-0.39, 0.29) is 0 Å². The molecule has 2 saturated carbocycles. The van der Waals surface area contributed by atoms with Gasteiger partial charge in [-0.25, -0.2) is 0 Å². The molecular weight excluding hydrogens is 180 g/mol. The molecule has 2 aliphatic rings. The molecule has 0 aliphatic heterocycles. The van der Waals surface area contributed by atoms with Gasteiger partial charge in [0.2, 0.25) is 0 Å². The zero-order valence-electron chi connectivity index (χ0n) is 8.85. The van der Waals surface area contributed by atoms with Crippen LogP contribution in [0.2, 0.25) is 0 Å². The smallest absolute Gasteiger partial charge is 0.0392 e. The average molecular weight is 201 g/mol. The molecule has 1 spiro atoms. The van der Waals surface area contributed by atoms with Crippen LogP contribution in [0.5, 0.6) is 0 Å². The lowest BCUT2D eigenvalue weighted by Crippen LogP contribution is -2.39. The highest BCUT2D eigenvalue weighted by molar-refractivity contribution is 6.21. The zero-order valence-corrected chi connectivity index (χ0v) is 9.61. The van der Waals surface area contributed by atoms with E-state index in [2.05, 4.69) is 13.8 Å². The summed E-state index contributed by atoms with van der Waals surface area (Å²) in [6, 6.07) is 0. The van der Waals surface area contributed by atoms with Gasteiger partial charge in [-0.05, 0) is 42.9 Å². The van der Waals surface area contributed by atoms with Crippen LogP contribution < -0.4 is 0 Å². The maximum atomic E-state index is 6.52. The van der Waals surface area contributed by atoms with Crippen LogP contribution in [-0.2, 0) is 0 Å². The minimum absolute atomic E-state index is 0.433. The first-order valence-corrected chi connectivity index (χ1v) is 6.23. The minimum atomic E-state index is 0.433. The van der Waals surface area contributed by atoms with E-state index >= 15 is 0 Å². The van der Waals surface area contributed by atoms with Gasteiger partial charge in [0.25, 0.3) is 0 Å². The second-order valence-electron chi connectivity index (χ2n) is 5.40. The van der Waals surface area contributed by atoms with Crippen molar-refractivity contribution in [2.75, 3.05) is 0 Å². The Bertz CT molecular complexity index is 182. The van der Waals surface area contributed by atoms with Crippen molar-refractivity contribution in [3.8, 4) is 0 Å². The van der Waals surface area contributed by atoms with Crippen molar-refractivity contribution >= 4 is 11.6 Å². The Morgan fingerprint density at radius 1 is 1.15 bits per heavy atom. The maximum Gasteiger partial charge on any atom is 0.0392 e. The summed E-state index contributed by atoms with van der Waals surface area (Å²) in [6.45, 7) is 4.53. The quantitative estimate of drug-likeness (QED) is 0.586. The van der Waals surface area contributed by atoms with E-state index in [0.29, 0.717) is 16.7 Å². The topological polar surface area (TPSA) is 0 Å². The monoisotopic (exact) mass is 200 g/mol. The second-order valence-corrected chi connectivity index (χ2v) is 5.91. The van der Waals surface area contributed by atoms with E-state index in [1.165, 1.54) is 38.5 Å². The molecular formula is C12H21Cl. The zero-order chi connectivity index (χ0) is 9.47. The molecule has 2 aliphatic carbocycles. The van der Waals surface area contributed by atoms with Crippen molar-refractivity contribution in [2.45, 2.75) is 57.7 Å². The number of halogens is 1. The molecule has 2 fully saturated rings. The Balaban J connectivity index is 2.05. The maximum absolute atomic E-state index is 6.52. The first-order chi connectivity index (χ1) is 6.16. The lowest BCUT2D eigenvalue weighted by molar-refractivity contribution is 0.0684. The highest BCUT2D eigenvalue weighted by Crippen LogP contribution is 2.59. The van der Waals surface area contributed by atoms with Gasteiger partial charge in [-0.2, -0.15) is 0 Å². The lowest BCUT2D eigenvalue weighted by Gasteiger charge is -2.46. The molecule has 0 amide bonds. The van der Waals surface area contributed by atoms with Gasteiger partial charge in [0.15, 0.2) is 0 Å². The fourth-order valence-corrected chi connectivity index (χ4v) is 3.77. The molecule has 0 aromatic carbocycles. The van der Waals surface area contributed by atoms with Crippen molar-refractivity contribution in [3.63, 3.8) is 0 Å². The minimum Gasteiger partial charge on any atom is -0.122 e. The van der Waals surface area contributed by atoms with Crippen molar-refractivity contribution < 1.29 is 0 Å².